The molecular weight excluding hydrogens is 424 g/mol. The third kappa shape index (κ3) is 5.40. The summed E-state index contributed by atoms with van der Waals surface area (Å²) in [6.45, 7) is -0.531. The van der Waals surface area contributed by atoms with Crippen LogP contribution in [0.25, 0.3) is 10.4 Å². The number of carboxylic acid groups (broad SMARTS) is 1. The van der Waals surface area contributed by atoms with Crippen LogP contribution in [-0.4, -0.2) is 35.8 Å². The van der Waals surface area contributed by atoms with Gasteiger partial charge in [-0.1, -0.05) is 48.3 Å². The van der Waals surface area contributed by atoms with Crippen molar-refractivity contribution in [1.29, 1.82) is 0 Å². The molecule has 0 saturated heterocycles. The topological polar surface area (TPSA) is 105 Å². The molecule has 3 aromatic rings. The normalized spacial score (nSPS) is 10.3. The minimum absolute atomic E-state index is 0.0191. The summed E-state index contributed by atoms with van der Waals surface area (Å²) in [5.41, 5.74) is 1.86. The Morgan fingerprint density at radius 1 is 1.07 bits per heavy atom. The Hall–Kier alpha value is -3.30. The molecule has 1 aromatic heterocycles. The fraction of sp³-hybridized carbons (Fsp3) is 0.0952. The molecule has 0 saturated carbocycles. The van der Waals surface area contributed by atoms with Crippen molar-refractivity contribution >= 4 is 51.8 Å². The largest absolute Gasteiger partial charge is 0.478 e. The number of hydrogen-bond donors (Lipinski definition) is 3. The maximum absolute atomic E-state index is 12.2. The van der Waals surface area contributed by atoms with E-state index in [2.05, 4.69) is 10.0 Å². The number of anilines is 2. The predicted octanol–water partition coefficient (Wildman–Crippen LogP) is 4.60. The van der Waals surface area contributed by atoms with Crippen LogP contribution in [0.2, 0.25) is 0 Å². The number of carboxylic acids is 1. The van der Waals surface area contributed by atoms with E-state index in [9.17, 15) is 19.5 Å². The molecule has 3 N–H and O–H groups in total. The van der Waals surface area contributed by atoms with Gasteiger partial charge < -0.3 is 19.9 Å². The number of nitrogens with one attached hydrogen (secondary N) is 2. The highest BCUT2D eigenvalue weighted by atomic mass is 32.2. The van der Waals surface area contributed by atoms with Gasteiger partial charge in [-0.25, -0.2) is 9.59 Å². The van der Waals surface area contributed by atoms with Crippen molar-refractivity contribution in [2.24, 2.45) is 0 Å². The molecule has 0 unspecified atom stereocenters. The highest BCUT2D eigenvalue weighted by Gasteiger charge is 2.19. The van der Waals surface area contributed by atoms with Crippen LogP contribution < -0.4 is 10.0 Å². The number of carbonyl (C=O) groups is 3. The summed E-state index contributed by atoms with van der Waals surface area (Å²) in [6.07, 6.45) is 1.86. The van der Waals surface area contributed by atoms with Crippen LogP contribution in [0.3, 0.4) is 0 Å². The van der Waals surface area contributed by atoms with Gasteiger partial charge >= 0.3 is 11.9 Å². The molecular formula is C21H18N2O5S2. The van der Waals surface area contributed by atoms with Gasteiger partial charge in [-0.15, -0.1) is 11.3 Å². The Balaban J connectivity index is 1.66. The van der Waals surface area contributed by atoms with E-state index in [1.54, 1.807) is 24.3 Å². The molecule has 0 spiro atoms. The predicted molar refractivity (Wildman–Crippen MR) is 119 cm³/mol. The SMILES string of the molecule is CSNc1cccc(C(=O)OCC(=O)Nc2sc(-c3ccccc3)cc2C(=O)O)c1. The number of hydrogen-bond acceptors (Lipinski definition) is 7. The van der Waals surface area contributed by atoms with Crippen molar-refractivity contribution in [3.05, 3.63) is 71.8 Å². The first-order valence-electron chi connectivity index (χ1n) is 8.76. The first kappa shape index (κ1) is 21.4. The van der Waals surface area contributed by atoms with Crippen molar-refractivity contribution in [2.75, 3.05) is 22.9 Å². The average molecular weight is 443 g/mol. The van der Waals surface area contributed by atoms with E-state index in [1.807, 2.05) is 36.6 Å². The van der Waals surface area contributed by atoms with E-state index in [4.69, 9.17) is 4.74 Å². The van der Waals surface area contributed by atoms with Crippen molar-refractivity contribution in [3.63, 3.8) is 0 Å². The summed E-state index contributed by atoms with van der Waals surface area (Å²) in [6, 6.07) is 17.5. The van der Waals surface area contributed by atoms with Crippen LogP contribution >= 0.6 is 23.3 Å². The average Bonchev–Trinajstić information content (AvgIpc) is 3.17. The van der Waals surface area contributed by atoms with Gasteiger partial charge in [0.1, 0.15) is 5.00 Å². The van der Waals surface area contributed by atoms with Gasteiger partial charge in [0.25, 0.3) is 5.91 Å². The molecule has 1 amide bonds. The molecule has 1 heterocycles. The number of carbonyl (C=O) groups excluding carboxylic acids is 2. The van der Waals surface area contributed by atoms with Crippen LogP contribution in [-0.2, 0) is 9.53 Å². The summed E-state index contributed by atoms with van der Waals surface area (Å²) in [4.78, 5) is 36.7. The number of ether oxygens (including phenoxy) is 1. The molecule has 0 atom stereocenters. The Kier molecular flexibility index (Phi) is 7.10. The van der Waals surface area contributed by atoms with E-state index >= 15 is 0 Å². The number of amides is 1. The third-order valence-electron chi connectivity index (χ3n) is 3.93. The van der Waals surface area contributed by atoms with Gasteiger partial charge in [0.05, 0.1) is 11.1 Å². The molecule has 7 nitrogen and oxygen atoms in total. The fourth-order valence-electron chi connectivity index (χ4n) is 2.59. The Labute approximate surface area is 181 Å². The smallest absolute Gasteiger partial charge is 0.338 e. The van der Waals surface area contributed by atoms with E-state index < -0.39 is 24.5 Å². The van der Waals surface area contributed by atoms with Crippen LogP contribution in [0.4, 0.5) is 10.7 Å². The third-order valence-corrected chi connectivity index (χ3v) is 5.47. The molecule has 0 radical (unpaired) electrons. The molecule has 0 fully saturated rings. The second kappa shape index (κ2) is 9.95. The van der Waals surface area contributed by atoms with Crippen molar-refractivity contribution in [3.8, 4) is 10.4 Å². The fourth-order valence-corrected chi connectivity index (χ4v) is 4.03. The lowest BCUT2D eigenvalue weighted by atomic mass is 10.1. The molecule has 3 rings (SSSR count). The van der Waals surface area contributed by atoms with Gasteiger partial charge in [0.15, 0.2) is 6.61 Å². The zero-order valence-electron chi connectivity index (χ0n) is 15.9. The van der Waals surface area contributed by atoms with E-state index in [0.29, 0.717) is 10.4 Å². The Morgan fingerprint density at radius 3 is 2.53 bits per heavy atom. The quantitative estimate of drug-likeness (QED) is 0.346. The number of rotatable bonds is 8. The first-order chi connectivity index (χ1) is 14.5. The number of esters is 1. The molecule has 0 aliphatic carbocycles. The maximum Gasteiger partial charge on any atom is 0.338 e. The maximum atomic E-state index is 12.2. The van der Waals surface area contributed by atoms with Crippen LogP contribution in [0.5, 0.6) is 0 Å². The standard InChI is InChI=1S/C21H18N2O5S2/c1-29-23-15-9-5-8-14(10-15)21(27)28-12-18(24)22-19-16(20(25)26)11-17(30-19)13-6-3-2-4-7-13/h2-11,23H,12H2,1H3,(H,22,24)(H,25,26). The van der Waals surface area contributed by atoms with Gasteiger partial charge in [-0.3, -0.25) is 4.79 Å². The molecule has 0 bridgehead atoms. The lowest BCUT2D eigenvalue weighted by Gasteiger charge is -2.07. The van der Waals surface area contributed by atoms with Crippen LogP contribution in [0.1, 0.15) is 20.7 Å². The van der Waals surface area contributed by atoms with Crippen molar-refractivity contribution < 1.29 is 24.2 Å². The van der Waals surface area contributed by atoms with Gasteiger partial charge in [0.2, 0.25) is 0 Å². The van der Waals surface area contributed by atoms with Crippen molar-refractivity contribution in [2.45, 2.75) is 0 Å². The summed E-state index contributed by atoms with van der Waals surface area (Å²) < 4.78 is 8.07. The van der Waals surface area contributed by atoms with Gasteiger partial charge in [-0.05, 0) is 29.8 Å². The Bertz CT molecular complexity index is 1070. The molecule has 30 heavy (non-hydrogen) atoms. The summed E-state index contributed by atoms with van der Waals surface area (Å²) in [5, 5.41) is 12.2. The minimum Gasteiger partial charge on any atom is -0.478 e. The number of thiophene rings is 1. The van der Waals surface area contributed by atoms with Crippen LogP contribution in [0, 0.1) is 0 Å². The summed E-state index contributed by atoms with van der Waals surface area (Å²) in [7, 11) is 0. The van der Waals surface area contributed by atoms with Crippen molar-refractivity contribution in [1.82, 2.24) is 0 Å². The lowest BCUT2D eigenvalue weighted by molar-refractivity contribution is -0.119. The monoisotopic (exact) mass is 442 g/mol. The summed E-state index contributed by atoms with van der Waals surface area (Å²) >= 11 is 2.53. The van der Waals surface area contributed by atoms with E-state index in [-0.39, 0.29) is 10.6 Å². The first-order valence-corrected chi connectivity index (χ1v) is 10.8. The highest BCUT2D eigenvalue weighted by Crippen LogP contribution is 2.35. The highest BCUT2D eigenvalue weighted by molar-refractivity contribution is 7.99. The molecule has 0 aliphatic heterocycles. The second-order valence-electron chi connectivity index (χ2n) is 6.04. The second-order valence-corrected chi connectivity index (χ2v) is 7.70. The molecule has 0 aliphatic rings. The number of benzene rings is 2. The lowest BCUT2D eigenvalue weighted by Crippen LogP contribution is -2.21. The Morgan fingerprint density at radius 2 is 1.83 bits per heavy atom. The number of aromatic carboxylic acids is 1. The zero-order valence-corrected chi connectivity index (χ0v) is 17.5. The molecule has 2 aromatic carbocycles. The summed E-state index contributed by atoms with van der Waals surface area (Å²) in [5.74, 6) is -2.42. The molecule has 154 valence electrons. The van der Waals surface area contributed by atoms with Gasteiger partial charge in [0, 0.05) is 16.8 Å². The minimum atomic E-state index is -1.15. The zero-order chi connectivity index (χ0) is 21.5. The van der Waals surface area contributed by atoms with Crippen LogP contribution in [0.15, 0.2) is 60.7 Å². The van der Waals surface area contributed by atoms with E-state index in [0.717, 1.165) is 22.6 Å². The van der Waals surface area contributed by atoms with E-state index in [1.165, 1.54) is 18.0 Å². The molecule has 9 heteroatoms. The van der Waals surface area contributed by atoms with Gasteiger partial charge in [-0.2, -0.15) is 0 Å².